The van der Waals surface area contributed by atoms with Crippen LogP contribution in [0.3, 0.4) is 0 Å². The Hall–Kier alpha value is -2.86. The van der Waals surface area contributed by atoms with Gasteiger partial charge in [-0.2, -0.15) is 5.26 Å². The molecular weight excluding hydrogens is 282 g/mol. The molecule has 2 aromatic carbocycles. The lowest BCUT2D eigenvalue weighted by Gasteiger charge is -2.28. The van der Waals surface area contributed by atoms with Crippen LogP contribution in [-0.4, -0.2) is 9.55 Å². The maximum atomic E-state index is 9.27. The summed E-state index contributed by atoms with van der Waals surface area (Å²) in [5.74, 6) is 0. The van der Waals surface area contributed by atoms with Crippen LogP contribution in [0.15, 0.2) is 61.1 Å². The summed E-state index contributed by atoms with van der Waals surface area (Å²) in [5.41, 5.74) is 5.58. The number of aryl methyl sites for hydroxylation is 1. The third-order valence-corrected chi connectivity index (χ3v) is 4.62. The molecule has 0 saturated carbocycles. The van der Waals surface area contributed by atoms with E-state index in [1.165, 1.54) is 17.7 Å². The number of nitrogens with zero attached hydrogens (tertiary/aromatic N) is 3. The van der Waals surface area contributed by atoms with E-state index in [2.05, 4.69) is 33.8 Å². The molecule has 0 saturated heterocycles. The van der Waals surface area contributed by atoms with Crippen LogP contribution in [-0.2, 0) is 6.42 Å². The molecule has 112 valence electrons. The average Bonchev–Trinajstić information content (AvgIpc) is 3.11. The van der Waals surface area contributed by atoms with E-state index in [-0.39, 0.29) is 0 Å². The van der Waals surface area contributed by atoms with Crippen molar-refractivity contribution < 1.29 is 0 Å². The highest BCUT2D eigenvalue weighted by molar-refractivity contribution is 5.70. The molecule has 0 amide bonds. The molecule has 0 radical (unpaired) electrons. The monoisotopic (exact) mass is 299 g/mol. The van der Waals surface area contributed by atoms with Gasteiger partial charge in [0.1, 0.15) is 0 Å². The van der Waals surface area contributed by atoms with E-state index < -0.39 is 0 Å². The number of aromatic nitrogens is 2. The van der Waals surface area contributed by atoms with Crippen molar-refractivity contribution in [3.63, 3.8) is 0 Å². The van der Waals surface area contributed by atoms with Crippen molar-refractivity contribution in [2.45, 2.75) is 25.3 Å². The minimum absolute atomic E-state index is 0.296. The molecule has 3 heteroatoms. The predicted molar refractivity (Wildman–Crippen MR) is 89.9 cm³/mol. The number of imidazole rings is 1. The Balaban J connectivity index is 1.89. The van der Waals surface area contributed by atoms with Crippen LogP contribution in [0.25, 0.3) is 11.1 Å². The molecule has 0 fully saturated rings. The topological polar surface area (TPSA) is 41.6 Å². The predicted octanol–water partition coefficient (Wildman–Crippen LogP) is 4.35. The highest BCUT2D eigenvalue weighted by atomic mass is 15.1. The van der Waals surface area contributed by atoms with Crippen LogP contribution >= 0.6 is 0 Å². The maximum absolute atomic E-state index is 9.27. The van der Waals surface area contributed by atoms with Crippen molar-refractivity contribution in [2.75, 3.05) is 0 Å². The summed E-state index contributed by atoms with van der Waals surface area (Å²) in [6, 6.07) is 18.9. The van der Waals surface area contributed by atoms with Gasteiger partial charge in [-0.1, -0.05) is 36.4 Å². The molecule has 2 heterocycles. The first-order valence-corrected chi connectivity index (χ1v) is 7.97. The lowest BCUT2D eigenvalue weighted by molar-refractivity contribution is 0.458. The zero-order chi connectivity index (χ0) is 15.6. The zero-order valence-corrected chi connectivity index (χ0v) is 12.8. The molecule has 1 aliphatic heterocycles. The fourth-order valence-electron chi connectivity index (χ4n) is 3.51. The van der Waals surface area contributed by atoms with Crippen LogP contribution in [0.4, 0.5) is 0 Å². The minimum Gasteiger partial charge on any atom is -0.327 e. The second-order valence-corrected chi connectivity index (χ2v) is 5.98. The van der Waals surface area contributed by atoms with Gasteiger partial charge >= 0.3 is 0 Å². The van der Waals surface area contributed by atoms with E-state index in [9.17, 15) is 5.26 Å². The largest absolute Gasteiger partial charge is 0.327 e. The van der Waals surface area contributed by atoms with Gasteiger partial charge in [-0.3, -0.25) is 0 Å². The Labute approximate surface area is 135 Å². The molecule has 0 unspecified atom stereocenters. The van der Waals surface area contributed by atoms with Gasteiger partial charge in [0, 0.05) is 11.9 Å². The molecule has 1 atom stereocenters. The third kappa shape index (κ3) is 2.43. The maximum Gasteiger partial charge on any atom is 0.0991 e. The van der Waals surface area contributed by atoms with E-state index in [1.807, 2.05) is 42.9 Å². The second-order valence-electron chi connectivity index (χ2n) is 5.98. The number of fused-ring (bicyclic) bond motifs is 1. The van der Waals surface area contributed by atoms with Crippen LogP contribution < -0.4 is 0 Å². The summed E-state index contributed by atoms with van der Waals surface area (Å²) in [6.07, 6.45) is 7.28. The molecule has 0 aliphatic carbocycles. The van der Waals surface area contributed by atoms with Crippen LogP contribution in [0, 0.1) is 11.3 Å². The van der Waals surface area contributed by atoms with Gasteiger partial charge in [-0.15, -0.1) is 0 Å². The minimum atomic E-state index is 0.296. The molecular formula is C20H17N3. The van der Waals surface area contributed by atoms with Crippen molar-refractivity contribution in [1.82, 2.24) is 9.55 Å². The van der Waals surface area contributed by atoms with Gasteiger partial charge in [-0.05, 0) is 48.1 Å². The van der Waals surface area contributed by atoms with Gasteiger partial charge in [0.15, 0.2) is 0 Å². The summed E-state index contributed by atoms with van der Waals surface area (Å²) < 4.78 is 2.29. The lowest BCUT2D eigenvalue weighted by atomic mass is 9.89. The van der Waals surface area contributed by atoms with E-state index >= 15 is 0 Å². The highest BCUT2D eigenvalue weighted by Crippen LogP contribution is 2.36. The number of rotatable bonds is 2. The second kappa shape index (κ2) is 5.73. The molecule has 0 bridgehead atoms. The molecule has 4 rings (SSSR count). The first kappa shape index (κ1) is 13.8. The van der Waals surface area contributed by atoms with Crippen molar-refractivity contribution >= 4 is 0 Å². The number of benzene rings is 2. The molecule has 1 aromatic heterocycles. The van der Waals surface area contributed by atoms with E-state index in [4.69, 9.17) is 0 Å². The number of nitriles is 1. The molecule has 3 aromatic rings. The highest BCUT2D eigenvalue weighted by Gasteiger charge is 2.23. The smallest absolute Gasteiger partial charge is 0.0991 e. The van der Waals surface area contributed by atoms with Crippen molar-refractivity contribution in [3.05, 3.63) is 77.9 Å². The molecule has 0 N–H and O–H groups in total. The Morgan fingerprint density at radius 1 is 1.13 bits per heavy atom. The summed E-state index contributed by atoms with van der Waals surface area (Å²) in [5, 5.41) is 9.27. The average molecular weight is 299 g/mol. The summed E-state index contributed by atoms with van der Waals surface area (Å²) in [7, 11) is 0. The van der Waals surface area contributed by atoms with Gasteiger partial charge < -0.3 is 4.57 Å². The molecule has 0 spiro atoms. The fraction of sp³-hybridized carbons (Fsp3) is 0.200. The van der Waals surface area contributed by atoms with E-state index in [0.29, 0.717) is 11.6 Å². The van der Waals surface area contributed by atoms with E-state index in [1.54, 1.807) is 0 Å². The Bertz CT molecular complexity index is 871. The summed E-state index contributed by atoms with van der Waals surface area (Å²) in [6.45, 7) is 0. The van der Waals surface area contributed by atoms with Crippen molar-refractivity contribution in [3.8, 4) is 17.2 Å². The molecule has 1 aliphatic rings. The quantitative estimate of drug-likeness (QED) is 0.706. The normalized spacial score (nSPS) is 16.6. The Morgan fingerprint density at radius 2 is 2.00 bits per heavy atom. The SMILES string of the molecule is N#Cc1ccc([C@H]2CCCc3cncn32)c(-c2ccccc2)c1. The van der Waals surface area contributed by atoms with Gasteiger partial charge in [-0.25, -0.2) is 4.98 Å². The zero-order valence-electron chi connectivity index (χ0n) is 12.8. The van der Waals surface area contributed by atoms with E-state index in [0.717, 1.165) is 24.0 Å². The Morgan fingerprint density at radius 3 is 2.83 bits per heavy atom. The van der Waals surface area contributed by atoms with Gasteiger partial charge in [0.2, 0.25) is 0 Å². The first-order valence-electron chi connectivity index (χ1n) is 7.97. The van der Waals surface area contributed by atoms with Gasteiger partial charge in [0.05, 0.1) is 24.0 Å². The lowest BCUT2D eigenvalue weighted by Crippen LogP contribution is -2.18. The van der Waals surface area contributed by atoms with Crippen LogP contribution in [0.2, 0.25) is 0 Å². The first-order chi connectivity index (χ1) is 11.4. The summed E-state index contributed by atoms with van der Waals surface area (Å²) >= 11 is 0. The van der Waals surface area contributed by atoms with Crippen molar-refractivity contribution in [2.24, 2.45) is 0 Å². The number of hydrogen-bond acceptors (Lipinski definition) is 2. The molecule has 3 nitrogen and oxygen atoms in total. The van der Waals surface area contributed by atoms with Crippen LogP contribution in [0.5, 0.6) is 0 Å². The molecule has 23 heavy (non-hydrogen) atoms. The summed E-state index contributed by atoms with van der Waals surface area (Å²) in [4.78, 5) is 4.33. The van der Waals surface area contributed by atoms with Gasteiger partial charge in [0.25, 0.3) is 0 Å². The number of hydrogen-bond donors (Lipinski definition) is 0. The fourth-order valence-corrected chi connectivity index (χ4v) is 3.51. The van der Waals surface area contributed by atoms with Crippen molar-refractivity contribution in [1.29, 1.82) is 5.26 Å². The standard InChI is InChI=1S/C20H17N3/c21-12-15-9-10-18(19(11-15)16-5-2-1-3-6-16)20-8-4-7-17-13-22-14-23(17)20/h1-3,5-6,9-11,13-14,20H,4,7-8H2/t20-/m1/s1. The Kier molecular flexibility index (Phi) is 3.44. The third-order valence-electron chi connectivity index (χ3n) is 4.62. The van der Waals surface area contributed by atoms with Crippen LogP contribution in [0.1, 0.15) is 35.7 Å².